The minimum Gasteiger partial charge on any atom is -0.396 e. The molecular formula is C17H18FN3O4. The summed E-state index contributed by atoms with van der Waals surface area (Å²) in [5.74, 6) is -1.63. The molecular weight excluding hydrogens is 329 g/mol. The Kier molecular flexibility index (Phi) is 3.91. The van der Waals surface area contributed by atoms with Crippen molar-refractivity contribution in [2.24, 2.45) is 5.92 Å². The number of hydrogen-bond donors (Lipinski definition) is 2. The first-order valence-corrected chi connectivity index (χ1v) is 8.35. The molecule has 1 unspecified atom stereocenters. The zero-order chi connectivity index (χ0) is 17.6. The highest BCUT2D eigenvalue weighted by atomic mass is 19.1. The Morgan fingerprint density at radius 3 is 2.92 bits per heavy atom. The number of aromatic nitrogens is 1. The smallest absolute Gasteiger partial charge is 0.235 e. The number of nitrogens with one attached hydrogen (secondary N) is 1. The molecule has 0 aliphatic carbocycles. The van der Waals surface area contributed by atoms with E-state index >= 15 is 0 Å². The average molecular weight is 347 g/mol. The van der Waals surface area contributed by atoms with Gasteiger partial charge in [0.2, 0.25) is 11.8 Å². The number of aliphatic hydroxyl groups excluding tert-OH is 1. The highest BCUT2D eigenvalue weighted by molar-refractivity contribution is 6.02. The fraction of sp³-hybridized carbons (Fsp3) is 0.471. The third-order valence-corrected chi connectivity index (χ3v) is 5.02. The summed E-state index contributed by atoms with van der Waals surface area (Å²) < 4.78 is 20.0. The molecule has 2 fully saturated rings. The molecule has 0 bridgehead atoms. The number of imide groups is 1. The van der Waals surface area contributed by atoms with Gasteiger partial charge in [0.1, 0.15) is 11.5 Å². The van der Waals surface area contributed by atoms with Gasteiger partial charge in [-0.15, -0.1) is 0 Å². The van der Waals surface area contributed by atoms with Crippen LogP contribution >= 0.6 is 0 Å². The second kappa shape index (κ2) is 6.11. The van der Waals surface area contributed by atoms with Gasteiger partial charge in [-0.1, -0.05) is 5.16 Å². The highest BCUT2D eigenvalue weighted by Gasteiger charge is 2.33. The topological polar surface area (TPSA) is 95.7 Å². The normalized spacial score (nSPS) is 24.2. The number of aliphatic hydroxyl groups is 1. The van der Waals surface area contributed by atoms with Crippen molar-refractivity contribution in [3.63, 3.8) is 0 Å². The van der Waals surface area contributed by atoms with E-state index in [9.17, 15) is 19.1 Å². The summed E-state index contributed by atoms with van der Waals surface area (Å²) in [6.07, 6.45) is 1.37. The predicted octanol–water partition coefficient (Wildman–Crippen LogP) is 1.31. The molecule has 2 aliphatic rings. The van der Waals surface area contributed by atoms with Crippen LogP contribution in [0.5, 0.6) is 0 Å². The van der Waals surface area contributed by atoms with Gasteiger partial charge in [0.05, 0.1) is 11.6 Å². The van der Waals surface area contributed by atoms with Crippen molar-refractivity contribution in [2.45, 2.75) is 25.2 Å². The SMILES string of the molecule is O=C1CCC(c2noc3cc(N4CC[C@H](CO)C4)c(F)cc23)C(=O)N1. The third kappa shape index (κ3) is 2.76. The summed E-state index contributed by atoms with van der Waals surface area (Å²) >= 11 is 0. The first kappa shape index (κ1) is 16.0. The Hall–Kier alpha value is -2.48. The molecule has 1 aromatic carbocycles. The number of nitrogens with zero attached hydrogens (tertiary/aromatic N) is 2. The van der Waals surface area contributed by atoms with Crippen LogP contribution in [0.3, 0.4) is 0 Å². The lowest BCUT2D eigenvalue weighted by molar-refractivity contribution is -0.134. The maximum atomic E-state index is 14.7. The highest BCUT2D eigenvalue weighted by Crippen LogP contribution is 2.35. The molecule has 25 heavy (non-hydrogen) atoms. The fourth-order valence-electron chi connectivity index (χ4n) is 3.61. The minimum absolute atomic E-state index is 0.0856. The number of carbonyl (C=O) groups excluding carboxylic acids is 2. The summed E-state index contributed by atoms with van der Waals surface area (Å²) in [5.41, 5.74) is 1.18. The Bertz CT molecular complexity index is 850. The van der Waals surface area contributed by atoms with Crippen LogP contribution < -0.4 is 10.2 Å². The van der Waals surface area contributed by atoms with Crippen molar-refractivity contribution < 1.29 is 23.6 Å². The van der Waals surface area contributed by atoms with Crippen molar-refractivity contribution in [2.75, 3.05) is 24.6 Å². The molecule has 1 aromatic heterocycles. The van der Waals surface area contributed by atoms with Gasteiger partial charge in [0.25, 0.3) is 0 Å². The van der Waals surface area contributed by atoms with Crippen LogP contribution in [0.4, 0.5) is 10.1 Å². The molecule has 132 valence electrons. The van der Waals surface area contributed by atoms with Gasteiger partial charge in [0.15, 0.2) is 5.58 Å². The summed E-state index contributed by atoms with van der Waals surface area (Å²) in [5, 5.41) is 15.9. The van der Waals surface area contributed by atoms with Gasteiger partial charge in [-0.25, -0.2) is 4.39 Å². The molecule has 0 saturated carbocycles. The molecule has 2 atom stereocenters. The Morgan fingerprint density at radius 1 is 1.36 bits per heavy atom. The predicted molar refractivity (Wildman–Crippen MR) is 86.5 cm³/mol. The molecule has 2 N–H and O–H groups in total. The zero-order valence-electron chi connectivity index (χ0n) is 13.5. The van der Waals surface area contributed by atoms with Crippen molar-refractivity contribution in [1.29, 1.82) is 0 Å². The quantitative estimate of drug-likeness (QED) is 0.813. The van der Waals surface area contributed by atoms with Crippen molar-refractivity contribution in [3.8, 4) is 0 Å². The summed E-state index contributed by atoms with van der Waals surface area (Å²) in [7, 11) is 0. The lowest BCUT2D eigenvalue weighted by Crippen LogP contribution is -2.39. The molecule has 8 heteroatoms. The average Bonchev–Trinajstić information content (AvgIpc) is 3.21. The minimum atomic E-state index is -0.616. The van der Waals surface area contributed by atoms with E-state index in [0.29, 0.717) is 41.9 Å². The number of piperidine rings is 1. The van der Waals surface area contributed by atoms with E-state index in [1.807, 2.05) is 4.90 Å². The van der Waals surface area contributed by atoms with Gasteiger partial charge in [-0.2, -0.15) is 0 Å². The number of amides is 2. The second-order valence-electron chi connectivity index (χ2n) is 6.65. The van der Waals surface area contributed by atoms with E-state index in [4.69, 9.17) is 4.52 Å². The van der Waals surface area contributed by atoms with Gasteiger partial charge < -0.3 is 14.5 Å². The van der Waals surface area contributed by atoms with E-state index in [0.717, 1.165) is 6.42 Å². The van der Waals surface area contributed by atoms with E-state index in [2.05, 4.69) is 10.5 Å². The first-order valence-electron chi connectivity index (χ1n) is 8.35. The number of carbonyl (C=O) groups is 2. The van der Waals surface area contributed by atoms with Gasteiger partial charge in [0, 0.05) is 43.5 Å². The number of halogens is 1. The molecule has 3 heterocycles. The molecule has 2 amide bonds. The van der Waals surface area contributed by atoms with Gasteiger partial charge >= 0.3 is 0 Å². The molecule has 7 nitrogen and oxygen atoms in total. The summed E-state index contributed by atoms with van der Waals surface area (Å²) in [6, 6.07) is 2.93. The van der Waals surface area contributed by atoms with E-state index in [1.165, 1.54) is 6.07 Å². The molecule has 2 aliphatic heterocycles. The maximum absolute atomic E-state index is 14.7. The lowest BCUT2D eigenvalue weighted by atomic mass is 9.93. The fourth-order valence-corrected chi connectivity index (χ4v) is 3.61. The standard InChI is InChI=1S/C17H18FN3O4/c18-12-5-11-14(6-13(12)21-4-3-9(7-21)8-22)25-20-16(11)10-1-2-15(23)19-17(10)24/h5-6,9-10,22H,1-4,7-8H2,(H,19,23,24)/t9-,10?/m0/s1. The monoisotopic (exact) mass is 347 g/mol. The largest absolute Gasteiger partial charge is 0.396 e. The van der Waals surface area contributed by atoms with Crippen LogP contribution in [0.15, 0.2) is 16.7 Å². The number of rotatable bonds is 3. The van der Waals surface area contributed by atoms with E-state index in [1.54, 1.807) is 6.07 Å². The van der Waals surface area contributed by atoms with E-state index in [-0.39, 0.29) is 24.9 Å². The number of hydrogen-bond acceptors (Lipinski definition) is 6. The number of anilines is 1. The van der Waals surface area contributed by atoms with Crippen LogP contribution in [0.1, 0.15) is 30.9 Å². The first-order chi connectivity index (χ1) is 12.1. The molecule has 0 spiro atoms. The zero-order valence-corrected chi connectivity index (χ0v) is 13.5. The van der Waals surface area contributed by atoms with E-state index < -0.39 is 17.6 Å². The Balaban J connectivity index is 1.68. The molecule has 4 rings (SSSR count). The molecule has 2 saturated heterocycles. The summed E-state index contributed by atoms with van der Waals surface area (Å²) in [6.45, 7) is 1.34. The second-order valence-corrected chi connectivity index (χ2v) is 6.65. The maximum Gasteiger partial charge on any atom is 0.235 e. The van der Waals surface area contributed by atoms with Crippen molar-refractivity contribution in [3.05, 3.63) is 23.6 Å². The Labute approximate surface area is 142 Å². The van der Waals surface area contributed by atoms with Crippen LogP contribution in [0.2, 0.25) is 0 Å². The van der Waals surface area contributed by atoms with Crippen LogP contribution in [-0.4, -0.2) is 41.8 Å². The third-order valence-electron chi connectivity index (χ3n) is 5.02. The van der Waals surface area contributed by atoms with Gasteiger partial charge in [-0.3, -0.25) is 14.9 Å². The molecule has 2 aromatic rings. The summed E-state index contributed by atoms with van der Waals surface area (Å²) in [4.78, 5) is 25.2. The van der Waals surface area contributed by atoms with Crippen molar-refractivity contribution >= 4 is 28.5 Å². The number of benzene rings is 1. The van der Waals surface area contributed by atoms with Crippen molar-refractivity contribution in [1.82, 2.24) is 10.5 Å². The van der Waals surface area contributed by atoms with Crippen LogP contribution in [0.25, 0.3) is 11.0 Å². The van der Waals surface area contributed by atoms with Crippen LogP contribution in [-0.2, 0) is 9.59 Å². The Morgan fingerprint density at radius 2 is 2.20 bits per heavy atom. The molecule has 0 radical (unpaired) electrons. The number of fused-ring (bicyclic) bond motifs is 1. The van der Waals surface area contributed by atoms with Crippen LogP contribution in [0, 0.1) is 11.7 Å². The lowest BCUT2D eigenvalue weighted by Gasteiger charge is -2.20. The van der Waals surface area contributed by atoms with Gasteiger partial charge in [-0.05, 0) is 18.9 Å².